The molecule has 0 N–H and O–H groups in total. The van der Waals surface area contributed by atoms with Gasteiger partial charge in [0.05, 0.1) is 7.11 Å². The number of methoxy groups -OCH3 is 1. The highest BCUT2D eigenvalue weighted by Crippen LogP contribution is 2.32. The Morgan fingerprint density at radius 3 is 2.48 bits per heavy atom. The minimum Gasteiger partial charge on any atom is -0.464 e. The van der Waals surface area contributed by atoms with E-state index >= 15 is 0 Å². The molecule has 1 aliphatic rings. The molecule has 2 rings (SSSR count). The van der Waals surface area contributed by atoms with Crippen LogP contribution in [0.15, 0.2) is 0 Å². The van der Waals surface area contributed by atoms with Crippen molar-refractivity contribution in [2.24, 2.45) is 0 Å². The van der Waals surface area contributed by atoms with Gasteiger partial charge in [0, 0.05) is 32.2 Å². The molecule has 1 atom stereocenters. The van der Waals surface area contributed by atoms with Crippen molar-refractivity contribution in [3.8, 4) is 0 Å². The normalized spacial score (nSPS) is 18.0. The quantitative estimate of drug-likeness (QED) is 0.721. The molecule has 1 amide bonds. The van der Waals surface area contributed by atoms with Gasteiger partial charge < -0.3 is 24.2 Å². The van der Waals surface area contributed by atoms with Gasteiger partial charge in [-0.3, -0.25) is 0 Å². The number of carbonyl (C=O) groups excluding carboxylic acids is 2. The summed E-state index contributed by atoms with van der Waals surface area (Å²) < 4.78 is 10.4. The average molecular weight is 399 g/mol. The van der Waals surface area contributed by atoms with E-state index in [2.05, 4.69) is 9.88 Å². The summed E-state index contributed by atoms with van der Waals surface area (Å²) in [5, 5.41) is 1.66. The fourth-order valence-electron chi connectivity index (χ4n) is 2.87. The number of amides is 1. The highest BCUT2D eigenvalue weighted by molar-refractivity contribution is 7.16. The molecule has 27 heavy (non-hydrogen) atoms. The largest absolute Gasteiger partial charge is 0.464 e. The van der Waals surface area contributed by atoms with Crippen LogP contribution in [0.1, 0.15) is 43.2 Å². The summed E-state index contributed by atoms with van der Waals surface area (Å²) in [5.41, 5.74) is -0.178. The summed E-state index contributed by atoms with van der Waals surface area (Å²) in [6.45, 7) is 9.95. The van der Waals surface area contributed by atoms with E-state index in [-0.39, 0.29) is 12.1 Å². The Morgan fingerprint density at radius 1 is 1.30 bits per heavy atom. The first-order valence-electron chi connectivity index (χ1n) is 8.99. The minimum atomic E-state index is -0.523. The van der Waals surface area contributed by atoms with Crippen LogP contribution in [0.25, 0.3) is 0 Å². The molecule has 1 aliphatic heterocycles. The van der Waals surface area contributed by atoms with Crippen LogP contribution in [0.3, 0.4) is 0 Å². The molecular formula is C18H30N4O4S. The first-order chi connectivity index (χ1) is 12.5. The Kier molecular flexibility index (Phi) is 6.69. The summed E-state index contributed by atoms with van der Waals surface area (Å²) in [7, 11) is 5.28. The predicted molar refractivity (Wildman–Crippen MR) is 105 cm³/mol. The van der Waals surface area contributed by atoms with Crippen molar-refractivity contribution in [2.45, 2.75) is 45.9 Å². The van der Waals surface area contributed by atoms with E-state index in [9.17, 15) is 9.59 Å². The lowest BCUT2D eigenvalue weighted by molar-refractivity contribution is 0.0158. The predicted octanol–water partition coefficient (Wildman–Crippen LogP) is 2.44. The van der Waals surface area contributed by atoms with Crippen LogP contribution in [0.5, 0.6) is 0 Å². The van der Waals surface area contributed by atoms with Gasteiger partial charge in [-0.2, -0.15) is 0 Å². The number of rotatable bonds is 4. The van der Waals surface area contributed by atoms with Gasteiger partial charge in [0.25, 0.3) is 0 Å². The van der Waals surface area contributed by atoms with Crippen LogP contribution in [0.2, 0.25) is 0 Å². The maximum atomic E-state index is 12.4. The Bertz CT molecular complexity index is 683. The van der Waals surface area contributed by atoms with Crippen molar-refractivity contribution >= 4 is 28.4 Å². The Morgan fingerprint density at radius 2 is 1.96 bits per heavy atom. The Balaban J connectivity index is 2.17. The average Bonchev–Trinajstić information content (AvgIpc) is 2.95. The van der Waals surface area contributed by atoms with Crippen molar-refractivity contribution in [3.63, 3.8) is 0 Å². The lowest BCUT2D eigenvalue weighted by Crippen LogP contribution is -2.55. The van der Waals surface area contributed by atoms with Gasteiger partial charge in [0.15, 0.2) is 5.69 Å². The zero-order chi connectivity index (χ0) is 20.4. The number of piperazine rings is 1. The van der Waals surface area contributed by atoms with E-state index in [0.29, 0.717) is 31.9 Å². The second kappa shape index (κ2) is 8.43. The second-order valence-electron chi connectivity index (χ2n) is 7.96. The van der Waals surface area contributed by atoms with E-state index < -0.39 is 11.6 Å². The minimum absolute atomic E-state index is 0.0431. The third-order valence-electron chi connectivity index (χ3n) is 4.03. The van der Waals surface area contributed by atoms with Gasteiger partial charge >= 0.3 is 12.1 Å². The van der Waals surface area contributed by atoms with Crippen LogP contribution in [0, 0.1) is 0 Å². The van der Waals surface area contributed by atoms with Gasteiger partial charge in [-0.1, -0.05) is 11.3 Å². The fraction of sp³-hybridized carbons (Fsp3) is 0.722. The van der Waals surface area contributed by atoms with Crippen molar-refractivity contribution in [1.29, 1.82) is 0 Å². The van der Waals surface area contributed by atoms with Crippen LogP contribution in [-0.4, -0.2) is 79.3 Å². The standard InChI is InChI=1S/C18H30N4O4S/c1-12-10-21(8-9-22(12)17(24)26-18(2,3)4)15-14(16(23)25-7)19-13(27-15)11-20(5)6/h12H,8-11H2,1-7H3. The number of carbonyl (C=O) groups is 2. The number of hydrogen-bond acceptors (Lipinski definition) is 8. The van der Waals surface area contributed by atoms with E-state index in [1.807, 2.05) is 46.7 Å². The second-order valence-corrected chi connectivity index (χ2v) is 9.02. The number of ether oxygens (including phenoxy) is 2. The highest BCUT2D eigenvalue weighted by Gasteiger charge is 2.33. The summed E-state index contributed by atoms with van der Waals surface area (Å²) in [5.74, 6) is -0.437. The Hall–Kier alpha value is -1.87. The number of hydrogen-bond donors (Lipinski definition) is 0. The van der Waals surface area contributed by atoms with Crippen molar-refractivity contribution in [2.75, 3.05) is 45.7 Å². The summed E-state index contributed by atoms with van der Waals surface area (Å²) in [4.78, 5) is 34.9. The molecule has 1 aromatic rings. The maximum absolute atomic E-state index is 12.4. The van der Waals surface area contributed by atoms with Crippen molar-refractivity contribution in [1.82, 2.24) is 14.8 Å². The number of nitrogens with zero attached hydrogens (tertiary/aromatic N) is 4. The third kappa shape index (κ3) is 5.55. The molecule has 0 spiro atoms. The van der Waals surface area contributed by atoms with E-state index in [0.717, 1.165) is 10.0 Å². The lowest BCUT2D eigenvalue weighted by Gasteiger charge is -2.40. The molecular weight excluding hydrogens is 368 g/mol. The Labute approximate surface area is 165 Å². The summed E-state index contributed by atoms with van der Waals surface area (Å²) >= 11 is 1.50. The van der Waals surface area contributed by atoms with Gasteiger partial charge in [0.2, 0.25) is 0 Å². The molecule has 1 unspecified atom stereocenters. The van der Waals surface area contributed by atoms with Gasteiger partial charge in [-0.15, -0.1) is 0 Å². The van der Waals surface area contributed by atoms with Gasteiger partial charge in [0.1, 0.15) is 15.6 Å². The molecule has 1 fully saturated rings. The van der Waals surface area contributed by atoms with Gasteiger partial charge in [-0.05, 0) is 41.8 Å². The molecule has 9 heteroatoms. The maximum Gasteiger partial charge on any atom is 0.410 e. The lowest BCUT2D eigenvalue weighted by atomic mass is 10.2. The molecule has 1 saturated heterocycles. The third-order valence-corrected chi connectivity index (χ3v) is 5.13. The topological polar surface area (TPSA) is 75.2 Å². The fourth-order valence-corrected chi connectivity index (χ4v) is 4.07. The molecule has 8 nitrogen and oxygen atoms in total. The molecule has 0 bridgehead atoms. The van der Waals surface area contributed by atoms with Gasteiger partial charge in [-0.25, -0.2) is 14.6 Å². The van der Waals surface area contributed by atoms with Crippen molar-refractivity contribution < 1.29 is 19.1 Å². The van der Waals surface area contributed by atoms with Crippen LogP contribution in [-0.2, 0) is 16.0 Å². The number of aromatic nitrogens is 1. The zero-order valence-electron chi connectivity index (χ0n) is 17.2. The number of esters is 1. The molecule has 0 aliphatic carbocycles. The van der Waals surface area contributed by atoms with Crippen LogP contribution < -0.4 is 4.90 Å². The first-order valence-corrected chi connectivity index (χ1v) is 9.80. The zero-order valence-corrected chi connectivity index (χ0v) is 18.1. The smallest absolute Gasteiger partial charge is 0.410 e. The molecule has 2 heterocycles. The van der Waals surface area contributed by atoms with E-state index in [4.69, 9.17) is 9.47 Å². The number of thiazole rings is 1. The molecule has 0 radical (unpaired) electrons. The number of anilines is 1. The SMILES string of the molecule is COC(=O)c1nc(CN(C)C)sc1N1CCN(C(=O)OC(C)(C)C)C(C)C1. The highest BCUT2D eigenvalue weighted by atomic mass is 32.1. The van der Waals surface area contributed by atoms with E-state index in [1.54, 1.807) is 4.90 Å². The van der Waals surface area contributed by atoms with Crippen molar-refractivity contribution in [3.05, 3.63) is 10.7 Å². The molecule has 0 aromatic carbocycles. The summed E-state index contributed by atoms with van der Waals surface area (Å²) in [6.07, 6.45) is -0.305. The van der Waals surface area contributed by atoms with Crippen LogP contribution >= 0.6 is 11.3 Å². The first kappa shape index (κ1) is 21.4. The van der Waals surface area contributed by atoms with E-state index in [1.165, 1.54) is 18.4 Å². The van der Waals surface area contributed by atoms with Crippen LogP contribution in [0.4, 0.5) is 9.80 Å². The molecule has 152 valence electrons. The summed E-state index contributed by atoms with van der Waals surface area (Å²) in [6, 6.07) is -0.0431. The molecule has 1 aromatic heterocycles. The molecule has 0 saturated carbocycles. The monoisotopic (exact) mass is 398 g/mol.